The number of hydrogen-bond acceptors (Lipinski definition) is 5. The molecule has 22 heavy (non-hydrogen) atoms. The fourth-order valence-corrected chi connectivity index (χ4v) is 3.85. The van der Waals surface area contributed by atoms with Gasteiger partial charge in [-0.05, 0) is 30.3 Å². The Hall–Kier alpha value is -2.06. The van der Waals surface area contributed by atoms with Crippen LogP contribution in [0.1, 0.15) is 0 Å². The first kappa shape index (κ1) is 14.9. The molecule has 0 radical (unpaired) electrons. The summed E-state index contributed by atoms with van der Waals surface area (Å²) in [6.45, 7) is 1.70. The van der Waals surface area contributed by atoms with Crippen LogP contribution in [0.25, 0.3) is 0 Å². The molecule has 0 bridgehead atoms. The zero-order valence-electron chi connectivity index (χ0n) is 11.8. The molecule has 0 aliphatic carbocycles. The second-order valence-electron chi connectivity index (χ2n) is 4.93. The Morgan fingerprint density at radius 3 is 2.45 bits per heavy atom. The summed E-state index contributed by atoms with van der Waals surface area (Å²) in [4.78, 5) is 1.96. The minimum atomic E-state index is -3.66. The van der Waals surface area contributed by atoms with Crippen molar-refractivity contribution in [1.82, 2.24) is 14.5 Å². The van der Waals surface area contributed by atoms with E-state index in [0.29, 0.717) is 26.2 Å². The third-order valence-electron chi connectivity index (χ3n) is 3.55. The predicted octanol–water partition coefficient (Wildman–Crippen LogP) is 1.13. The molecule has 1 aromatic heterocycles. The van der Waals surface area contributed by atoms with Crippen molar-refractivity contribution in [2.45, 2.75) is 4.90 Å². The van der Waals surface area contributed by atoms with Crippen molar-refractivity contribution in [2.75, 3.05) is 31.1 Å². The van der Waals surface area contributed by atoms with Crippen LogP contribution in [0.15, 0.2) is 47.5 Å². The highest BCUT2D eigenvalue weighted by Gasteiger charge is 2.29. The van der Waals surface area contributed by atoms with Crippen LogP contribution in [0.4, 0.5) is 10.2 Å². The van der Waals surface area contributed by atoms with E-state index in [1.165, 1.54) is 22.5 Å². The topological polar surface area (TPSA) is 66.4 Å². The van der Waals surface area contributed by atoms with Crippen molar-refractivity contribution in [1.29, 1.82) is 0 Å². The zero-order valence-corrected chi connectivity index (χ0v) is 12.6. The van der Waals surface area contributed by atoms with Gasteiger partial charge in [0.15, 0.2) is 5.82 Å². The van der Waals surface area contributed by atoms with Crippen LogP contribution in [-0.2, 0) is 10.0 Å². The fourth-order valence-electron chi connectivity index (χ4n) is 2.40. The van der Waals surface area contributed by atoms with Crippen LogP contribution in [-0.4, -0.2) is 49.1 Å². The summed E-state index contributed by atoms with van der Waals surface area (Å²) in [5, 5.41) is 7.84. The van der Waals surface area contributed by atoms with Crippen molar-refractivity contribution in [3.63, 3.8) is 0 Å². The van der Waals surface area contributed by atoms with Crippen LogP contribution in [0.2, 0.25) is 0 Å². The van der Waals surface area contributed by atoms with Crippen LogP contribution in [0, 0.1) is 5.82 Å². The highest BCUT2D eigenvalue weighted by atomic mass is 32.2. The monoisotopic (exact) mass is 322 g/mol. The molecule has 1 aliphatic heterocycles. The molecule has 0 spiro atoms. The number of nitrogens with zero attached hydrogens (tertiary/aromatic N) is 4. The lowest BCUT2D eigenvalue weighted by Gasteiger charge is -2.34. The minimum absolute atomic E-state index is 0.0135. The second kappa shape index (κ2) is 5.98. The lowest BCUT2D eigenvalue weighted by atomic mass is 10.3. The van der Waals surface area contributed by atoms with Gasteiger partial charge in [-0.25, -0.2) is 12.8 Å². The van der Waals surface area contributed by atoms with Crippen LogP contribution < -0.4 is 4.90 Å². The fraction of sp³-hybridized carbons (Fsp3) is 0.286. The van der Waals surface area contributed by atoms with Crippen molar-refractivity contribution >= 4 is 15.8 Å². The van der Waals surface area contributed by atoms with Crippen LogP contribution in [0.5, 0.6) is 0 Å². The smallest absolute Gasteiger partial charge is 0.243 e. The highest BCUT2D eigenvalue weighted by Crippen LogP contribution is 2.20. The molecule has 1 fully saturated rings. The molecule has 0 N–H and O–H groups in total. The SMILES string of the molecule is O=S(=O)(c1cccc(F)c1)N1CCN(c2cccnn2)CC1. The maximum absolute atomic E-state index is 13.2. The Morgan fingerprint density at radius 2 is 1.82 bits per heavy atom. The van der Waals surface area contributed by atoms with E-state index < -0.39 is 15.8 Å². The van der Waals surface area contributed by atoms with Gasteiger partial charge in [-0.3, -0.25) is 0 Å². The third-order valence-corrected chi connectivity index (χ3v) is 5.45. The molecule has 1 aliphatic rings. The minimum Gasteiger partial charge on any atom is -0.352 e. The van der Waals surface area contributed by atoms with E-state index in [9.17, 15) is 12.8 Å². The zero-order chi connectivity index (χ0) is 15.6. The number of piperazine rings is 1. The van der Waals surface area contributed by atoms with Gasteiger partial charge < -0.3 is 4.90 Å². The average molecular weight is 322 g/mol. The van der Waals surface area contributed by atoms with E-state index in [0.717, 1.165) is 11.9 Å². The molecular formula is C14H15FN4O2S. The first-order valence-corrected chi connectivity index (χ1v) is 8.30. The van der Waals surface area contributed by atoms with E-state index in [4.69, 9.17) is 0 Å². The summed E-state index contributed by atoms with van der Waals surface area (Å²) in [6.07, 6.45) is 1.59. The van der Waals surface area contributed by atoms with Gasteiger partial charge in [-0.15, -0.1) is 5.10 Å². The summed E-state index contributed by atoms with van der Waals surface area (Å²) < 4.78 is 39.6. The largest absolute Gasteiger partial charge is 0.352 e. The Bertz CT molecular complexity index is 746. The molecule has 0 saturated carbocycles. The first-order chi connectivity index (χ1) is 10.6. The number of sulfonamides is 1. The number of benzene rings is 1. The molecule has 0 unspecified atom stereocenters. The third kappa shape index (κ3) is 2.93. The predicted molar refractivity (Wildman–Crippen MR) is 79.4 cm³/mol. The van der Waals surface area contributed by atoms with Crippen molar-refractivity contribution in [2.24, 2.45) is 0 Å². The first-order valence-electron chi connectivity index (χ1n) is 6.86. The second-order valence-corrected chi connectivity index (χ2v) is 6.87. The van der Waals surface area contributed by atoms with E-state index >= 15 is 0 Å². The maximum atomic E-state index is 13.2. The normalized spacial score (nSPS) is 16.7. The molecule has 6 nitrogen and oxygen atoms in total. The number of halogens is 1. The van der Waals surface area contributed by atoms with Crippen molar-refractivity contribution in [3.8, 4) is 0 Å². The number of aromatic nitrogens is 2. The summed E-state index contributed by atoms with van der Waals surface area (Å²) in [5.74, 6) is 0.171. The van der Waals surface area contributed by atoms with Gasteiger partial charge in [-0.2, -0.15) is 9.40 Å². The molecule has 1 aromatic carbocycles. The van der Waals surface area contributed by atoms with E-state index in [2.05, 4.69) is 10.2 Å². The molecule has 116 valence electrons. The maximum Gasteiger partial charge on any atom is 0.243 e. The molecule has 2 heterocycles. The Balaban J connectivity index is 1.73. The number of hydrogen-bond donors (Lipinski definition) is 0. The Labute approximate surface area is 128 Å². The summed E-state index contributed by atoms with van der Waals surface area (Å²) in [5.41, 5.74) is 0. The summed E-state index contributed by atoms with van der Waals surface area (Å²) in [6, 6.07) is 8.71. The van der Waals surface area contributed by atoms with Crippen LogP contribution in [0.3, 0.4) is 0 Å². The van der Waals surface area contributed by atoms with Gasteiger partial charge in [-0.1, -0.05) is 6.07 Å². The Kier molecular flexibility index (Phi) is 4.04. The summed E-state index contributed by atoms with van der Waals surface area (Å²) in [7, 11) is -3.66. The van der Waals surface area contributed by atoms with Gasteiger partial charge in [0.1, 0.15) is 5.82 Å². The summed E-state index contributed by atoms with van der Waals surface area (Å²) >= 11 is 0. The average Bonchev–Trinajstić information content (AvgIpc) is 2.56. The molecular weight excluding hydrogens is 307 g/mol. The molecule has 8 heteroatoms. The lowest BCUT2D eigenvalue weighted by Crippen LogP contribution is -2.49. The van der Waals surface area contributed by atoms with Gasteiger partial charge in [0.05, 0.1) is 4.90 Å². The van der Waals surface area contributed by atoms with Crippen LogP contribution >= 0.6 is 0 Å². The molecule has 0 atom stereocenters. The Morgan fingerprint density at radius 1 is 1.05 bits per heavy atom. The van der Waals surface area contributed by atoms with E-state index in [1.807, 2.05) is 11.0 Å². The van der Waals surface area contributed by atoms with E-state index in [-0.39, 0.29) is 4.90 Å². The standard InChI is InChI=1S/C14H15FN4O2S/c15-12-3-1-4-13(11-12)22(20,21)19-9-7-18(8-10-19)14-5-2-6-16-17-14/h1-6,11H,7-10H2. The lowest BCUT2D eigenvalue weighted by molar-refractivity contribution is 0.383. The molecule has 2 aromatic rings. The van der Waals surface area contributed by atoms with Crippen molar-refractivity contribution in [3.05, 3.63) is 48.4 Å². The molecule has 1 saturated heterocycles. The van der Waals surface area contributed by atoms with Gasteiger partial charge in [0.25, 0.3) is 0 Å². The number of anilines is 1. The molecule has 0 amide bonds. The van der Waals surface area contributed by atoms with Gasteiger partial charge >= 0.3 is 0 Å². The van der Waals surface area contributed by atoms with Gasteiger partial charge in [0, 0.05) is 32.4 Å². The van der Waals surface area contributed by atoms with E-state index in [1.54, 1.807) is 12.3 Å². The quantitative estimate of drug-likeness (QED) is 0.847. The highest BCUT2D eigenvalue weighted by molar-refractivity contribution is 7.89. The van der Waals surface area contributed by atoms with Crippen molar-refractivity contribution < 1.29 is 12.8 Å². The number of rotatable bonds is 3. The molecule has 3 rings (SSSR count). The van der Waals surface area contributed by atoms with Gasteiger partial charge in [0.2, 0.25) is 10.0 Å².